The molecule has 2 aliphatic heterocycles. The molecule has 0 aromatic carbocycles. The molecule has 0 aromatic rings. The lowest BCUT2D eigenvalue weighted by Crippen LogP contribution is -2.35. The van der Waals surface area contributed by atoms with Crippen molar-refractivity contribution in [1.29, 1.82) is 0 Å². The number of nitrogens with one attached hydrogen (secondary N) is 2. The minimum atomic E-state index is -1.39. The van der Waals surface area contributed by atoms with Gasteiger partial charge in [-0.1, -0.05) is 11.6 Å². The van der Waals surface area contributed by atoms with Crippen molar-refractivity contribution in [3.8, 4) is 0 Å². The molecule has 0 bridgehead atoms. The summed E-state index contributed by atoms with van der Waals surface area (Å²) >= 11 is 8.62. The number of hydrogen-bond acceptors (Lipinski definition) is 4. The van der Waals surface area contributed by atoms with Crippen LogP contribution in [0.2, 0.25) is 0 Å². The highest BCUT2D eigenvalue weighted by Crippen LogP contribution is 2.35. The van der Waals surface area contributed by atoms with Gasteiger partial charge in [0.15, 0.2) is 0 Å². The second kappa shape index (κ2) is 5.11. The van der Waals surface area contributed by atoms with Crippen molar-refractivity contribution in [2.45, 2.75) is 3.91 Å². The van der Waals surface area contributed by atoms with Gasteiger partial charge < -0.3 is 5.32 Å². The number of imide groups is 2. The van der Waals surface area contributed by atoms with Crippen molar-refractivity contribution in [3.63, 3.8) is 0 Å². The third kappa shape index (κ3) is 2.72. The Morgan fingerprint density at radius 1 is 1.28 bits per heavy atom. The fourth-order valence-corrected chi connectivity index (χ4v) is 1.77. The maximum Gasteiger partial charge on any atom is 0.328 e. The molecule has 0 radical (unpaired) electrons. The molecule has 2 heterocycles. The van der Waals surface area contributed by atoms with Crippen molar-refractivity contribution in [1.82, 2.24) is 20.4 Å². The van der Waals surface area contributed by atoms with Crippen molar-refractivity contribution in [2.24, 2.45) is 0 Å². The van der Waals surface area contributed by atoms with Gasteiger partial charge in [0.05, 0.1) is 6.54 Å². The fraction of sp³-hybridized carbons (Fsp3) is 0.500. The lowest BCUT2D eigenvalue weighted by Gasteiger charge is -2.17. The molecule has 0 spiro atoms. The summed E-state index contributed by atoms with van der Waals surface area (Å²) in [6.45, 7) is 0.124. The van der Waals surface area contributed by atoms with E-state index in [1.54, 1.807) is 0 Å². The van der Waals surface area contributed by atoms with Crippen LogP contribution in [0.4, 0.5) is 9.59 Å². The smallest absolute Gasteiger partial charge is 0.328 e. The number of amides is 6. The number of urea groups is 2. The van der Waals surface area contributed by atoms with Gasteiger partial charge >= 0.3 is 12.1 Å². The molecular formula is C8H10BrClN4O4. The Morgan fingerprint density at radius 2 is 1.83 bits per heavy atom. The topological polar surface area (TPSA) is 98.8 Å². The molecule has 0 aromatic heterocycles. The molecular weight excluding hydrogens is 331 g/mol. The number of nitrogens with zero attached hydrogens (tertiary/aromatic N) is 2. The largest absolute Gasteiger partial charge is 0.329 e. The number of halogens is 2. The Morgan fingerprint density at radius 3 is 1.94 bits per heavy atom. The summed E-state index contributed by atoms with van der Waals surface area (Å²) in [4.78, 5) is 44.3. The molecule has 2 N–H and O–H groups in total. The first kappa shape index (κ1) is 14.7. The first-order chi connectivity index (χ1) is 8.17. The zero-order chi connectivity index (χ0) is 14.1. The van der Waals surface area contributed by atoms with Crippen LogP contribution in [0.3, 0.4) is 0 Å². The Hall–Kier alpha value is -1.35. The molecule has 2 rings (SSSR count). The second-order valence-electron chi connectivity index (χ2n) is 3.48. The third-order valence-corrected chi connectivity index (χ3v) is 3.51. The molecule has 1 unspecified atom stereocenters. The van der Waals surface area contributed by atoms with E-state index in [9.17, 15) is 19.2 Å². The first-order valence-corrected chi connectivity index (χ1v) is 5.86. The summed E-state index contributed by atoms with van der Waals surface area (Å²) in [6, 6.07) is -0.813. The average molecular weight is 342 g/mol. The molecule has 100 valence electrons. The monoisotopic (exact) mass is 340 g/mol. The number of hydrogen-bond donors (Lipinski definition) is 2. The summed E-state index contributed by atoms with van der Waals surface area (Å²) in [7, 11) is 2.83. The SMILES string of the molecule is CN1C(=O)N(C)C(Cl)(Br)C1=O.O=C1CNC(=O)N1. The van der Waals surface area contributed by atoms with E-state index in [-0.39, 0.29) is 12.5 Å². The number of likely N-dealkylation sites (N-methyl/N-ethyl adjacent to an activating group) is 2. The Labute approximate surface area is 116 Å². The predicted molar refractivity (Wildman–Crippen MR) is 65.0 cm³/mol. The van der Waals surface area contributed by atoms with E-state index < -0.39 is 21.9 Å². The Balaban J connectivity index is 0.000000199. The summed E-state index contributed by atoms with van der Waals surface area (Å²) < 4.78 is -1.39. The predicted octanol–water partition coefficient (Wildman–Crippen LogP) is -0.377. The zero-order valence-corrected chi connectivity index (χ0v) is 11.8. The minimum absolute atomic E-state index is 0.124. The maximum absolute atomic E-state index is 11.1. The van der Waals surface area contributed by atoms with Gasteiger partial charge in [-0.25, -0.2) is 9.59 Å². The molecule has 10 heteroatoms. The quantitative estimate of drug-likeness (QED) is 0.356. The molecule has 0 saturated carbocycles. The van der Waals surface area contributed by atoms with Crippen LogP contribution in [0.15, 0.2) is 0 Å². The lowest BCUT2D eigenvalue weighted by molar-refractivity contribution is -0.126. The second-order valence-corrected chi connectivity index (χ2v) is 5.63. The van der Waals surface area contributed by atoms with Crippen molar-refractivity contribution >= 4 is 51.4 Å². The minimum Gasteiger partial charge on any atom is -0.329 e. The van der Waals surface area contributed by atoms with E-state index in [4.69, 9.17) is 11.6 Å². The number of rotatable bonds is 0. The van der Waals surface area contributed by atoms with Crippen molar-refractivity contribution in [2.75, 3.05) is 20.6 Å². The summed E-state index contributed by atoms with van der Waals surface area (Å²) in [5, 5.41) is 4.30. The Bertz CT molecular complexity index is 413. The van der Waals surface area contributed by atoms with E-state index in [1.165, 1.54) is 14.1 Å². The first-order valence-electron chi connectivity index (χ1n) is 4.69. The van der Waals surface area contributed by atoms with Crippen LogP contribution in [0.25, 0.3) is 0 Å². The van der Waals surface area contributed by atoms with Crippen LogP contribution in [-0.4, -0.2) is 58.2 Å². The molecule has 6 amide bonds. The van der Waals surface area contributed by atoms with Gasteiger partial charge in [0.2, 0.25) is 5.91 Å². The maximum atomic E-state index is 11.1. The van der Waals surface area contributed by atoms with Gasteiger partial charge in [0.25, 0.3) is 9.81 Å². The fourth-order valence-electron chi connectivity index (χ4n) is 1.15. The number of carbonyl (C=O) groups is 4. The third-order valence-electron chi connectivity index (χ3n) is 2.22. The van der Waals surface area contributed by atoms with Crippen LogP contribution in [0.5, 0.6) is 0 Å². The molecule has 0 aliphatic carbocycles. The summed E-state index contributed by atoms with van der Waals surface area (Å²) in [5.74, 6) is -0.725. The summed E-state index contributed by atoms with van der Waals surface area (Å²) in [6.07, 6.45) is 0. The standard InChI is InChI=1S/C5H6BrClN2O2.C3H4N2O2/c1-8-3(10)5(6,7)9(2)4(8)11;6-2-1-4-3(7)5-2/h1-2H3;1H2,(H2,4,5,6,7). The van der Waals surface area contributed by atoms with Crippen LogP contribution >= 0.6 is 27.5 Å². The van der Waals surface area contributed by atoms with Gasteiger partial charge in [0, 0.05) is 14.1 Å². The molecule has 2 aliphatic rings. The van der Waals surface area contributed by atoms with Gasteiger partial charge in [-0.3, -0.25) is 24.7 Å². The van der Waals surface area contributed by atoms with Crippen LogP contribution < -0.4 is 10.6 Å². The highest BCUT2D eigenvalue weighted by Gasteiger charge is 2.51. The van der Waals surface area contributed by atoms with Crippen molar-refractivity contribution < 1.29 is 19.2 Å². The molecule has 1 atom stereocenters. The van der Waals surface area contributed by atoms with Crippen molar-refractivity contribution in [3.05, 3.63) is 0 Å². The van der Waals surface area contributed by atoms with Crippen LogP contribution in [0.1, 0.15) is 0 Å². The van der Waals surface area contributed by atoms with E-state index >= 15 is 0 Å². The average Bonchev–Trinajstić information content (AvgIpc) is 2.73. The Kier molecular flexibility index (Phi) is 4.17. The highest BCUT2D eigenvalue weighted by atomic mass is 79.9. The van der Waals surface area contributed by atoms with Crippen LogP contribution in [-0.2, 0) is 9.59 Å². The normalized spacial score (nSPS) is 26.9. The number of carbonyl (C=O) groups excluding carboxylic acids is 4. The molecule has 2 fully saturated rings. The number of alkyl halides is 2. The molecule has 18 heavy (non-hydrogen) atoms. The van der Waals surface area contributed by atoms with Gasteiger partial charge in [0.1, 0.15) is 0 Å². The molecule has 8 nitrogen and oxygen atoms in total. The van der Waals surface area contributed by atoms with E-state index in [1.807, 2.05) is 5.32 Å². The van der Waals surface area contributed by atoms with Gasteiger partial charge in [-0.05, 0) is 15.9 Å². The van der Waals surface area contributed by atoms with E-state index in [0.717, 1.165) is 9.80 Å². The lowest BCUT2D eigenvalue weighted by atomic mass is 10.6. The van der Waals surface area contributed by atoms with Gasteiger partial charge in [-0.15, -0.1) is 0 Å². The highest BCUT2D eigenvalue weighted by molar-refractivity contribution is 9.10. The summed E-state index contributed by atoms with van der Waals surface area (Å²) in [5.41, 5.74) is 0. The van der Waals surface area contributed by atoms with E-state index in [2.05, 4.69) is 21.2 Å². The zero-order valence-electron chi connectivity index (χ0n) is 9.49. The van der Waals surface area contributed by atoms with Crippen LogP contribution in [0, 0.1) is 0 Å². The van der Waals surface area contributed by atoms with Gasteiger partial charge in [-0.2, -0.15) is 0 Å². The molecule has 2 saturated heterocycles. The van der Waals surface area contributed by atoms with E-state index in [0.29, 0.717) is 0 Å².